The van der Waals surface area contributed by atoms with Crippen LogP contribution in [0.3, 0.4) is 0 Å². The third-order valence-corrected chi connectivity index (χ3v) is 3.57. The Morgan fingerprint density at radius 3 is 2.65 bits per heavy atom. The fraction of sp³-hybridized carbons (Fsp3) is 0.750. The molecule has 2 atom stereocenters. The number of rotatable bonds is 3. The summed E-state index contributed by atoms with van der Waals surface area (Å²) >= 11 is 0. The Morgan fingerprint density at radius 1 is 1.65 bits per heavy atom. The van der Waals surface area contributed by atoms with Gasteiger partial charge in [0.2, 0.25) is 5.91 Å². The van der Waals surface area contributed by atoms with Gasteiger partial charge >= 0.3 is 5.97 Å². The average molecular weight is 238 g/mol. The van der Waals surface area contributed by atoms with Crippen LogP contribution < -0.4 is 0 Å². The van der Waals surface area contributed by atoms with Crippen LogP contribution in [0.2, 0.25) is 0 Å². The zero-order valence-corrected chi connectivity index (χ0v) is 10.7. The number of nitrogens with zero attached hydrogens (tertiary/aromatic N) is 2. The summed E-state index contributed by atoms with van der Waals surface area (Å²) < 4.78 is 4.64. The van der Waals surface area contributed by atoms with Gasteiger partial charge < -0.3 is 9.64 Å². The molecule has 5 heteroatoms. The second-order valence-electron chi connectivity index (χ2n) is 4.84. The number of hydrogen-bond donors (Lipinski definition) is 0. The van der Waals surface area contributed by atoms with E-state index >= 15 is 0 Å². The van der Waals surface area contributed by atoms with Gasteiger partial charge in [-0.1, -0.05) is 13.8 Å². The van der Waals surface area contributed by atoms with E-state index in [1.807, 2.05) is 13.8 Å². The highest BCUT2D eigenvalue weighted by Gasteiger charge is 2.46. The molecule has 1 aliphatic heterocycles. The minimum absolute atomic E-state index is 0.00727. The van der Waals surface area contributed by atoms with Gasteiger partial charge in [0.15, 0.2) is 0 Å². The maximum absolute atomic E-state index is 11.9. The Kier molecular flexibility index (Phi) is 3.76. The van der Waals surface area contributed by atoms with Crippen molar-refractivity contribution < 1.29 is 14.3 Å². The molecule has 0 spiro atoms. The van der Waals surface area contributed by atoms with E-state index in [9.17, 15) is 14.9 Å². The van der Waals surface area contributed by atoms with Crippen molar-refractivity contribution in [2.75, 3.05) is 13.7 Å². The van der Waals surface area contributed by atoms with E-state index < -0.39 is 11.5 Å². The predicted molar refractivity (Wildman–Crippen MR) is 60.7 cm³/mol. The molecule has 1 fully saturated rings. The van der Waals surface area contributed by atoms with E-state index in [2.05, 4.69) is 10.8 Å². The first kappa shape index (κ1) is 13.5. The standard InChI is InChI=1S/C12H18N2O3/c1-8(2)12(3,7-13)14-6-9(5-10(14)15)11(16)17-4/h8-9H,5-6H2,1-4H3. The van der Waals surface area contributed by atoms with Crippen LogP contribution in [0.15, 0.2) is 0 Å². The first-order valence-corrected chi connectivity index (χ1v) is 5.66. The lowest BCUT2D eigenvalue weighted by molar-refractivity contribution is -0.145. The van der Waals surface area contributed by atoms with Crippen LogP contribution in [-0.2, 0) is 14.3 Å². The van der Waals surface area contributed by atoms with Gasteiger partial charge in [-0.15, -0.1) is 0 Å². The van der Waals surface area contributed by atoms with Gasteiger partial charge in [0, 0.05) is 13.0 Å². The predicted octanol–water partition coefficient (Wildman–Crippen LogP) is 0.946. The highest BCUT2D eigenvalue weighted by Crippen LogP contribution is 2.31. The lowest BCUT2D eigenvalue weighted by Gasteiger charge is -2.36. The van der Waals surface area contributed by atoms with Crippen molar-refractivity contribution in [3.05, 3.63) is 0 Å². The molecule has 0 aromatic heterocycles. The van der Waals surface area contributed by atoms with Crippen molar-refractivity contribution in [3.8, 4) is 6.07 Å². The van der Waals surface area contributed by atoms with Crippen LogP contribution in [-0.4, -0.2) is 36.0 Å². The fourth-order valence-electron chi connectivity index (χ4n) is 1.98. The largest absolute Gasteiger partial charge is 0.469 e. The average Bonchev–Trinajstić information content (AvgIpc) is 2.69. The monoisotopic (exact) mass is 238 g/mol. The van der Waals surface area contributed by atoms with Crippen molar-refractivity contribution in [2.45, 2.75) is 32.7 Å². The number of likely N-dealkylation sites (tertiary alicyclic amines) is 1. The van der Waals surface area contributed by atoms with Crippen LogP contribution in [0.25, 0.3) is 0 Å². The maximum atomic E-state index is 11.9. The summed E-state index contributed by atoms with van der Waals surface area (Å²) in [4.78, 5) is 24.8. The van der Waals surface area contributed by atoms with Gasteiger partial charge in [-0.3, -0.25) is 9.59 Å². The molecule has 17 heavy (non-hydrogen) atoms. The molecule has 0 aromatic carbocycles. The zero-order chi connectivity index (χ0) is 13.2. The molecule has 1 amide bonds. The molecule has 0 aromatic rings. The van der Waals surface area contributed by atoms with E-state index in [0.717, 1.165) is 0 Å². The van der Waals surface area contributed by atoms with Crippen molar-refractivity contribution in [2.24, 2.45) is 11.8 Å². The summed E-state index contributed by atoms with van der Waals surface area (Å²) in [6.45, 7) is 5.78. The normalized spacial score (nSPS) is 23.4. The highest BCUT2D eigenvalue weighted by atomic mass is 16.5. The zero-order valence-electron chi connectivity index (χ0n) is 10.7. The van der Waals surface area contributed by atoms with Crippen LogP contribution >= 0.6 is 0 Å². The molecule has 1 rings (SSSR count). The van der Waals surface area contributed by atoms with Crippen molar-refractivity contribution in [1.82, 2.24) is 4.90 Å². The Hall–Kier alpha value is -1.57. The first-order chi connectivity index (χ1) is 7.86. The second-order valence-corrected chi connectivity index (χ2v) is 4.84. The minimum atomic E-state index is -0.861. The molecule has 94 valence electrons. The van der Waals surface area contributed by atoms with Crippen molar-refractivity contribution in [1.29, 1.82) is 5.26 Å². The molecule has 1 heterocycles. The highest BCUT2D eigenvalue weighted by molar-refractivity contribution is 5.87. The smallest absolute Gasteiger partial charge is 0.310 e. The van der Waals surface area contributed by atoms with E-state index in [1.54, 1.807) is 6.92 Å². The lowest BCUT2D eigenvalue weighted by Crippen LogP contribution is -2.50. The van der Waals surface area contributed by atoms with Crippen LogP contribution in [0.4, 0.5) is 0 Å². The molecule has 1 aliphatic rings. The van der Waals surface area contributed by atoms with Gasteiger partial charge in [-0.2, -0.15) is 5.26 Å². The molecule has 0 saturated carbocycles. The maximum Gasteiger partial charge on any atom is 0.310 e. The summed E-state index contributed by atoms with van der Waals surface area (Å²) in [6.07, 6.45) is 0.136. The third-order valence-electron chi connectivity index (χ3n) is 3.57. The molecule has 0 aliphatic carbocycles. The number of ether oxygens (including phenoxy) is 1. The molecule has 5 nitrogen and oxygen atoms in total. The molecule has 0 bridgehead atoms. The van der Waals surface area contributed by atoms with Crippen molar-refractivity contribution >= 4 is 11.9 Å². The Bertz CT molecular complexity index is 372. The summed E-state index contributed by atoms with van der Waals surface area (Å²) in [5.41, 5.74) is -0.861. The number of amides is 1. The number of carbonyl (C=O) groups is 2. The molecule has 0 N–H and O–H groups in total. The SMILES string of the molecule is COC(=O)C1CC(=O)N(C(C)(C#N)C(C)C)C1. The van der Waals surface area contributed by atoms with Gasteiger partial charge in [0.05, 0.1) is 19.1 Å². The Balaban J connectivity index is 2.91. The summed E-state index contributed by atoms with van der Waals surface area (Å²) in [7, 11) is 1.31. The summed E-state index contributed by atoms with van der Waals surface area (Å²) in [6, 6.07) is 2.18. The lowest BCUT2D eigenvalue weighted by atomic mass is 9.88. The van der Waals surface area contributed by atoms with Crippen LogP contribution in [0.5, 0.6) is 0 Å². The summed E-state index contributed by atoms with van der Waals surface area (Å²) in [5.74, 6) is -0.977. The Morgan fingerprint density at radius 2 is 2.24 bits per heavy atom. The van der Waals surface area contributed by atoms with E-state index in [-0.39, 0.29) is 30.8 Å². The number of carbonyl (C=O) groups excluding carboxylic acids is 2. The number of hydrogen-bond acceptors (Lipinski definition) is 4. The third kappa shape index (κ3) is 2.26. The summed E-state index contributed by atoms with van der Waals surface area (Å²) in [5, 5.41) is 9.26. The van der Waals surface area contributed by atoms with Crippen molar-refractivity contribution in [3.63, 3.8) is 0 Å². The minimum Gasteiger partial charge on any atom is -0.469 e. The van der Waals surface area contributed by atoms with Crippen LogP contribution in [0, 0.1) is 23.2 Å². The van der Waals surface area contributed by atoms with Gasteiger partial charge in [-0.25, -0.2) is 0 Å². The molecule has 1 saturated heterocycles. The number of nitriles is 1. The van der Waals surface area contributed by atoms with Gasteiger partial charge in [0.25, 0.3) is 0 Å². The van der Waals surface area contributed by atoms with E-state index in [1.165, 1.54) is 12.0 Å². The number of esters is 1. The molecular formula is C12H18N2O3. The topological polar surface area (TPSA) is 70.4 Å². The Labute approximate surface area is 101 Å². The van der Waals surface area contributed by atoms with E-state index in [0.29, 0.717) is 0 Å². The molecular weight excluding hydrogens is 220 g/mol. The van der Waals surface area contributed by atoms with E-state index in [4.69, 9.17) is 0 Å². The first-order valence-electron chi connectivity index (χ1n) is 5.66. The van der Waals surface area contributed by atoms with Gasteiger partial charge in [0.1, 0.15) is 5.54 Å². The number of methoxy groups -OCH3 is 1. The quantitative estimate of drug-likeness (QED) is 0.686. The molecule has 0 radical (unpaired) electrons. The van der Waals surface area contributed by atoms with Crippen LogP contribution in [0.1, 0.15) is 27.2 Å². The van der Waals surface area contributed by atoms with Gasteiger partial charge in [-0.05, 0) is 12.8 Å². The molecule has 2 unspecified atom stereocenters. The fourth-order valence-corrected chi connectivity index (χ4v) is 1.98. The second kappa shape index (κ2) is 4.74.